The third-order valence-electron chi connectivity index (χ3n) is 3.86. The Labute approximate surface area is 121 Å². The fourth-order valence-corrected chi connectivity index (χ4v) is 2.57. The van der Waals surface area contributed by atoms with E-state index in [1.165, 1.54) is 0 Å². The molecule has 1 aromatic rings. The third-order valence-corrected chi connectivity index (χ3v) is 3.86. The van der Waals surface area contributed by atoms with E-state index in [1.54, 1.807) is 7.11 Å². The lowest BCUT2D eigenvalue weighted by atomic mass is 10.0. The molecule has 0 spiro atoms. The Morgan fingerprint density at radius 2 is 2.15 bits per heavy atom. The maximum absolute atomic E-state index is 12.7. The van der Waals surface area contributed by atoms with Gasteiger partial charge in [-0.1, -0.05) is 26.0 Å². The van der Waals surface area contributed by atoms with Crippen molar-refractivity contribution in [2.24, 2.45) is 5.92 Å². The highest BCUT2D eigenvalue weighted by Gasteiger charge is 2.25. The summed E-state index contributed by atoms with van der Waals surface area (Å²) in [7, 11) is 1.60. The van der Waals surface area contributed by atoms with Crippen LogP contribution < -0.4 is 10.1 Å². The molecule has 4 nitrogen and oxygen atoms in total. The van der Waals surface area contributed by atoms with Gasteiger partial charge in [-0.3, -0.25) is 4.79 Å². The third kappa shape index (κ3) is 3.31. The van der Waals surface area contributed by atoms with E-state index < -0.39 is 0 Å². The minimum absolute atomic E-state index is 0.0665. The van der Waals surface area contributed by atoms with Gasteiger partial charge in [-0.2, -0.15) is 0 Å². The molecular formula is C16H24N2O2. The molecule has 1 fully saturated rings. The lowest BCUT2D eigenvalue weighted by molar-refractivity contribution is 0.0742. The Balaban J connectivity index is 2.18. The van der Waals surface area contributed by atoms with E-state index in [2.05, 4.69) is 19.2 Å². The topological polar surface area (TPSA) is 41.6 Å². The number of hydrogen-bond donors (Lipinski definition) is 1. The monoisotopic (exact) mass is 276 g/mol. The number of ether oxygens (including phenoxy) is 1. The molecule has 20 heavy (non-hydrogen) atoms. The number of nitrogens with zero attached hydrogens (tertiary/aromatic N) is 1. The van der Waals surface area contributed by atoms with Gasteiger partial charge in [-0.15, -0.1) is 0 Å². The average Bonchev–Trinajstić information content (AvgIpc) is 2.72. The summed E-state index contributed by atoms with van der Waals surface area (Å²) in [5, 5.41) is 3.52. The lowest BCUT2D eigenvalue weighted by Gasteiger charge is -2.27. The summed E-state index contributed by atoms with van der Waals surface area (Å²) in [4.78, 5) is 14.7. The number of benzene rings is 1. The fraction of sp³-hybridized carbons (Fsp3) is 0.562. The number of carbonyl (C=O) groups is 1. The van der Waals surface area contributed by atoms with Gasteiger partial charge in [0.2, 0.25) is 0 Å². The Hall–Kier alpha value is -1.55. The zero-order chi connectivity index (χ0) is 14.5. The van der Waals surface area contributed by atoms with Gasteiger partial charge < -0.3 is 15.0 Å². The molecule has 1 aromatic carbocycles. The maximum Gasteiger partial charge on any atom is 0.257 e. The Bertz CT molecular complexity index is 460. The summed E-state index contributed by atoms with van der Waals surface area (Å²) in [6.07, 6.45) is 0.990. The van der Waals surface area contributed by atoms with E-state index in [-0.39, 0.29) is 5.91 Å². The number of para-hydroxylation sites is 1. The van der Waals surface area contributed by atoms with Crippen LogP contribution in [0.5, 0.6) is 5.75 Å². The van der Waals surface area contributed by atoms with Crippen LogP contribution in [0.1, 0.15) is 30.6 Å². The van der Waals surface area contributed by atoms with E-state index in [4.69, 9.17) is 4.74 Å². The van der Waals surface area contributed by atoms with Crippen molar-refractivity contribution in [3.05, 3.63) is 29.8 Å². The van der Waals surface area contributed by atoms with Crippen molar-refractivity contribution < 1.29 is 9.53 Å². The average molecular weight is 276 g/mol. The van der Waals surface area contributed by atoms with Crippen molar-refractivity contribution in [3.8, 4) is 5.75 Å². The van der Waals surface area contributed by atoms with Gasteiger partial charge >= 0.3 is 0 Å². The number of amides is 1. The predicted octanol–water partition coefficient (Wildman–Crippen LogP) is 2.16. The molecule has 0 saturated carbocycles. The van der Waals surface area contributed by atoms with Crippen LogP contribution in [0.25, 0.3) is 0 Å². The Morgan fingerprint density at radius 1 is 1.40 bits per heavy atom. The molecule has 1 unspecified atom stereocenters. The van der Waals surface area contributed by atoms with E-state index >= 15 is 0 Å². The number of methoxy groups -OCH3 is 1. The first-order valence-corrected chi connectivity index (χ1v) is 7.29. The van der Waals surface area contributed by atoms with Crippen molar-refractivity contribution in [1.82, 2.24) is 10.2 Å². The van der Waals surface area contributed by atoms with Gasteiger partial charge in [-0.05, 0) is 31.0 Å². The molecule has 0 aromatic heterocycles. The molecule has 1 N–H and O–H groups in total. The molecule has 0 bridgehead atoms. The second kappa shape index (κ2) is 6.75. The Kier molecular flexibility index (Phi) is 5.01. The van der Waals surface area contributed by atoms with E-state index in [0.29, 0.717) is 23.3 Å². The molecule has 0 aliphatic carbocycles. The molecule has 0 radical (unpaired) electrons. The van der Waals surface area contributed by atoms with Crippen molar-refractivity contribution >= 4 is 5.91 Å². The summed E-state index contributed by atoms with van der Waals surface area (Å²) >= 11 is 0. The normalized spacial score (nSPS) is 19.8. The molecule has 1 saturated heterocycles. The van der Waals surface area contributed by atoms with Crippen LogP contribution >= 0.6 is 0 Å². The standard InChI is InChI=1S/C16H24N2O2/c1-12(2)14-11-18(10-6-9-17-14)16(19)13-7-4-5-8-15(13)20-3/h4-5,7-8,12,14,17H,6,9-11H2,1-3H3. The molecule has 2 rings (SSSR count). The summed E-state index contributed by atoms with van der Waals surface area (Å²) in [5.74, 6) is 1.23. The van der Waals surface area contributed by atoms with Crippen molar-refractivity contribution in [3.63, 3.8) is 0 Å². The summed E-state index contributed by atoms with van der Waals surface area (Å²) in [5.41, 5.74) is 0.652. The minimum atomic E-state index is 0.0665. The van der Waals surface area contributed by atoms with Crippen LogP contribution in [0.4, 0.5) is 0 Å². The lowest BCUT2D eigenvalue weighted by Crippen LogP contribution is -2.43. The highest BCUT2D eigenvalue weighted by atomic mass is 16.5. The summed E-state index contributed by atoms with van der Waals surface area (Å²) < 4.78 is 5.30. The maximum atomic E-state index is 12.7. The molecule has 1 heterocycles. The smallest absolute Gasteiger partial charge is 0.257 e. The molecule has 1 atom stereocenters. The summed E-state index contributed by atoms with van der Waals surface area (Å²) in [6, 6.07) is 7.80. The highest BCUT2D eigenvalue weighted by molar-refractivity contribution is 5.97. The minimum Gasteiger partial charge on any atom is -0.496 e. The molecule has 1 aliphatic heterocycles. The van der Waals surface area contributed by atoms with Crippen LogP contribution in [0.2, 0.25) is 0 Å². The Morgan fingerprint density at radius 3 is 2.85 bits per heavy atom. The quantitative estimate of drug-likeness (QED) is 0.920. The second-order valence-electron chi connectivity index (χ2n) is 5.61. The van der Waals surface area contributed by atoms with Crippen LogP contribution in [-0.4, -0.2) is 43.6 Å². The van der Waals surface area contributed by atoms with Crippen LogP contribution in [0.3, 0.4) is 0 Å². The van der Waals surface area contributed by atoms with E-state index in [0.717, 1.165) is 26.1 Å². The fourth-order valence-electron chi connectivity index (χ4n) is 2.57. The highest BCUT2D eigenvalue weighted by Crippen LogP contribution is 2.20. The van der Waals surface area contributed by atoms with Gasteiger partial charge in [0, 0.05) is 19.1 Å². The van der Waals surface area contributed by atoms with E-state index in [1.807, 2.05) is 29.2 Å². The zero-order valence-corrected chi connectivity index (χ0v) is 12.6. The van der Waals surface area contributed by atoms with Gasteiger partial charge in [0.15, 0.2) is 0 Å². The zero-order valence-electron chi connectivity index (χ0n) is 12.6. The van der Waals surface area contributed by atoms with Gasteiger partial charge in [0.25, 0.3) is 5.91 Å². The molecule has 110 valence electrons. The molecule has 1 amide bonds. The number of rotatable bonds is 3. The SMILES string of the molecule is COc1ccccc1C(=O)N1CCCNC(C(C)C)C1. The van der Waals surface area contributed by atoms with Crippen molar-refractivity contribution in [1.29, 1.82) is 0 Å². The van der Waals surface area contributed by atoms with Gasteiger partial charge in [0.1, 0.15) is 5.75 Å². The van der Waals surface area contributed by atoms with Crippen LogP contribution in [-0.2, 0) is 0 Å². The largest absolute Gasteiger partial charge is 0.496 e. The van der Waals surface area contributed by atoms with E-state index in [9.17, 15) is 4.79 Å². The van der Waals surface area contributed by atoms with Crippen LogP contribution in [0, 0.1) is 5.92 Å². The molecule has 4 heteroatoms. The number of carbonyl (C=O) groups excluding carboxylic acids is 1. The van der Waals surface area contributed by atoms with Crippen LogP contribution in [0.15, 0.2) is 24.3 Å². The summed E-state index contributed by atoms with van der Waals surface area (Å²) in [6.45, 7) is 6.91. The van der Waals surface area contributed by atoms with Gasteiger partial charge in [0.05, 0.1) is 12.7 Å². The predicted molar refractivity (Wildman–Crippen MR) is 80.1 cm³/mol. The van der Waals surface area contributed by atoms with Crippen molar-refractivity contribution in [2.45, 2.75) is 26.3 Å². The first kappa shape index (κ1) is 14.9. The van der Waals surface area contributed by atoms with Gasteiger partial charge in [-0.25, -0.2) is 0 Å². The number of hydrogen-bond acceptors (Lipinski definition) is 3. The molecular weight excluding hydrogens is 252 g/mol. The second-order valence-corrected chi connectivity index (χ2v) is 5.61. The van der Waals surface area contributed by atoms with Crippen molar-refractivity contribution in [2.75, 3.05) is 26.7 Å². The first-order chi connectivity index (χ1) is 9.63. The molecule has 1 aliphatic rings. The first-order valence-electron chi connectivity index (χ1n) is 7.29. The number of nitrogens with one attached hydrogen (secondary N) is 1.